The molecule has 0 spiro atoms. The van der Waals surface area contributed by atoms with Crippen LogP contribution in [0.25, 0.3) is 0 Å². The lowest BCUT2D eigenvalue weighted by molar-refractivity contribution is 0.574. The standard InChI is InChI=1S/C9H16N4O2S2/c1-13-6-9(11-7-13)17(14,15)12-5-3-2-4-8(10)16/h6-7,12H,2-5H2,1H3,(H2,10,16). The first kappa shape index (κ1) is 14.1. The van der Waals surface area contributed by atoms with Crippen molar-refractivity contribution >= 4 is 27.2 Å². The molecule has 0 saturated heterocycles. The highest BCUT2D eigenvalue weighted by atomic mass is 32.2. The Morgan fingerprint density at radius 2 is 2.29 bits per heavy atom. The zero-order valence-corrected chi connectivity index (χ0v) is 11.2. The predicted molar refractivity (Wildman–Crippen MR) is 69.0 cm³/mol. The fourth-order valence-electron chi connectivity index (χ4n) is 1.23. The Balaban J connectivity index is 2.38. The summed E-state index contributed by atoms with van der Waals surface area (Å²) in [6, 6.07) is 0. The van der Waals surface area contributed by atoms with Gasteiger partial charge in [0.1, 0.15) is 0 Å². The number of rotatable bonds is 7. The van der Waals surface area contributed by atoms with Gasteiger partial charge in [-0.2, -0.15) is 0 Å². The SMILES string of the molecule is Cn1cnc(S(=O)(=O)NCCCCC(N)=S)c1. The lowest BCUT2D eigenvalue weighted by Crippen LogP contribution is -2.25. The Hall–Kier alpha value is -0.990. The van der Waals surface area contributed by atoms with Crippen molar-refractivity contribution in [2.75, 3.05) is 6.54 Å². The molecule has 0 unspecified atom stereocenters. The van der Waals surface area contributed by atoms with Gasteiger partial charge in [0.2, 0.25) is 0 Å². The van der Waals surface area contributed by atoms with Gasteiger partial charge < -0.3 is 10.3 Å². The van der Waals surface area contributed by atoms with E-state index in [0.29, 0.717) is 24.4 Å². The van der Waals surface area contributed by atoms with E-state index in [1.165, 1.54) is 12.5 Å². The summed E-state index contributed by atoms with van der Waals surface area (Å²) in [4.78, 5) is 4.24. The monoisotopic (exact) mass is 276 g/mol. The summed E-state index contributed by atoms with van der Waals surface area (Å²) in [5.74, 6) is 0. The van der Waals surface area contributed by atoms with Crippen LogP contribution in [0.2, 0.25) is 0 Å². The van der Waals surface area contributed by atoms with Gasteiger partial charge >= 0.3 is 0 Å². The molecule has 0 atom stereocenters. The van der Waals surface area contributed by atoms with Crippen molar-refractivity contribution in [2.24, 2.45) is 12.8 Å². The van der Waals surface area contributed by atoms with Crippen molar-refractivity contribution in [2.45, 2.75) is 24.3 Å². The Bertz CT molecular complexity index is 481. The molecule has 1 heterocycles. The number of unbranched alkanes of at least 4 members (excludes halogenated alkanes) is 1. The molecular weight excluding hydrogens is 260 g/mol. The first-order valence-electron chi connectivity index (χ1n) is 5.18. The molecule has 6 nitrogen and oxygen atoms in total. The van der Waals surface area contributed by atoms with Crippen LogP contribution in [-0.4, -0.2) is 29.5 Å². The molecule has 0 saturated carbocycles. The van der Waals surface area contributed by atoms with Crippen LogP contribution in [0.15, 0.2) is 17.6 Å². The van der Waals surface area contributed by atoms with E-state index in [1.807, 2.05) is 0 Å². The Kier molecular flexibility index (Phi) is 5.03. The van der Waals surface area contributed by atoms with Crippen LogP contribution in [0.1, 0.15) is 19.3 Å². The number of hydrogen-bond donors (Lipinski definition) is 2. The number of nitrogens with one attached hydrogen (secondary N) is 1. The van der Waals surface area contributed by atoms with E-state index in [9.17, 15) is 8.42 Å². The number of aromatic nitrogens is 2. The van der Waals surface area contributed by atoms with Crippen LogP contribution in [0, 0.1) is 0 Å². The second-order valence-corrected chi connectivity index (χ2v) is 5.94. The van der Waals surface area contributed by atoms with E-state index >= 15 is 0 Å². The molecule has 0 aliphatic heterocycles. The average Bonchev–Trinajstić information content (AvgIpc) is 2.64. The van der Waals surface area contributed by atoms with Gasteiger partial charge in [0.25, 0.3) is 10.0 Å². The second kappa shape index (κ2) is 6.08. The molecule has 0 amide bonds. The van der Waals surface area contributed by atoms with Crippen LogP contribution in [-0.2, 0) is 17.1 Å². The molecule has 0 fully saturated rings. The van der Waals surface area contributed by atoms with E-state index in [-0.39, 0.29) is 5.03 Å². The normalized spacial score (nSPS) is 11.6. The lowest BCUT2D eigenvalue weighted by atomic mass is 10.2. The number of imidazole rings is 1. The molecule has 0 aliphatic rings. The molecule has 0 aliphatic carbocycles. The van der Waals surface area contributed by atoms with E-state index in [1.54, 1.807) is 11.6 Å². The minimum absolute atomic E-state index is 0.0364. The molecule has 0 aromatic carbocycles. The number of hydrogen-bond acceptors (Lipinski definition) is 4. The maximum atomic E-state index is 11.7. The number of nitrogens with two attached hydrogens (primary N) is 1. The molecule has 0 radical (unpaired) electrons. The smallest absolute Gasteiger partial charge is 0.259 e. The highest BCUT2D eigenvalue weighted by Gasteiger charge is 2.15. The van der Waals surface area contributed by atoms with Crippen molar-refractivity contribution in [3.63, 3.8) is 0 Å². The molecule has 17 heavy (non-hydrogen) atoms. The molecule has 1 aromatic rings. The summed E-state index contributed by atoms with van der Waals surface area (Å²) >= 11 is 4.72. The summed E-state index contributed by atoms with van der Waals surface area (Å²) in [5, 5.41) is 0.0364. The minimum Gasteiger partial charge on any atom is -0.393 e. The Morgan fingerprint density at radius 1 is 1.59 bits per heavy atom. The van der Waals surface area contributed by atoms with E-state index in [4.69, 9.17) is 18.0 Å². The maximum Gasteiger partial charge on any atom is 0.259 e. The van der Waals surface area contributed by atoms with Crippen molar-refractivity contribution in [1.82, 2.24) is 14.3 Å². The highest BCUT2D eigenvalue weighted by molar-refractivity contribution is 7.89. The summed E-state index contributed by atoms with van der Waals surface area (Å²) in [5.41, 5.74) is 5.33. The van der Waals surface area contributed by atoms with Gasteiger partial charge in [-0.15, -0.1) is 0 Å². The quantitative estimate of drug-likeness (QED) is 0.547. The van der Waals surface area contributed by atoms with Crippen LogP contribution in [0.3, 0.4) is 0 Å². The van der Waals surface area contributed by atoms with Gasteiger partial charge in [-0.3, -0.25) is 0 Å². The number of aryl methyl sites for hydroxylation is 1. The van der Waals surface area contributed by atoms with Gasteiger partial charge in [0.05, 0.1) is 11.3 Å². The van der Waals surface area contributed by atoms with Crippen LogP contribution < -0.4 is 10.5 Å². The van der Waals surface area contributed by atoms with Crippen LogP contribution in [0.5, 0.6) is 0 Å². The molecule has 8 heteroatoms. The van der Waals surface area contributed by atoms with E-state index in [2.05, 4.69) is 9.71 Å². The first-order valence-corrected chi connectivity index (χ1v) is 7.07. The van der Waals surface area contributed by atoms with Gasteiger partial charge in [-0.05, 0) is 19.3 Å². The zero-order chi connectivity index (χ0) is 12.9. The third kappa shape index (κ3) is 4.80. The Morgan fingerprint density at radius 3 is 2.82 bits per heavy atom. The zero-order valence-electron chi connectivity index (χ0n) is 9.59. The Labute approximate surface area is 106 Å². The average molecular weight is 276 g/mol. The number of sulfonamides is 1. The van der Waals surface area contributed by atoms with Crippen molar-refractivity contribution in [3.8, 4) is 0 Å². The molecular formula is C9H16N4O2S2. The van der Waals surface area contributed by atoms with Gasteiger partial charge in [-0.1, -0.05) is 12.2 Å². The fourth-order valence-corrected chi connectivity index (χ4v) is 2.43. The highest BCUT2D eigenvalue weighted by Crippen LogP contribution is 2.04. The maximum absolute atomic E-state index is 11.7. The topological polar surface area (TPSA) is 90.0 Å². The predicted octanol–water partition coefficient (Wildman–Crippen LogP) is 0.155. The van der Waals surface area contributed by atoms with Gasteiger partial charge in [0.15, 0.2) is 5.03 Å². The summed E-state index contributed by atoms with van der Waals surface area (Å²) in [6.07, 6.45) is 5.02. The molecule has 3 N–H and O–H groups in total. The summed E-state index contributed by atoms with van der Waals surface area (Å²) in [6.45, 7) is 0.363. The number of nitrogens with zero attached hydrogens (tertiary/aromatic N) is 2. The van der Waals surface area contributed by atoms with Gasteiger partial charge in [0, 0.05) is 19.8 Å². The minimum atomic E-state index is -3.49. The van der Waals surface area contributed by atoms with Gasteiger partial charge in [-0.25, -0.2) is 18.1 Å². The fraction of sp³-hybridized carbons (Fsp3) is 0.556. The van der Waals surface area contributed by atoms with Crippen molar-refractivity contribution < 1.29 is 8.42 Å². The summed E-state index contributed by atoms with van der Waals surface area (Å²) in [7, 11) is -1.77. The lowest BCUT2D eigenvalue weighted by Gasteiger charge is -2.03. The molecule has 1 aromatic heterocycles. The third-order valence-corrected chi connectivity index (χ3v) is 3.65. The van der Waals surface area contributed by atoms with Crippen LogP contribution >= 0.6 is 12.2 Å². The van der Waals surface area contributed by atoms with E-state index in [0.717, 1.165) is 6.42 Å². The van der Waals surface area contributed by atoms with E-state index < -0.39 is 10.0 Å². The third-order valence-electron chi connectivity index (χ3n) is 2.10. The van der Waals surface area contributed by atoms with Crippen molar-refractivity contribution in [1.29, 1.82) is 0 Å². The molecule has 0 bridgehead atoms. The largest absolute Gasteiger partial charge is 0.393 e. The number of thiocarbonyl (C=S) groups is 1. The molecule has 96 valence electrons. The molecule has 1 rings (SSSR count). The first-order chi connectivity index (χ1) is 7.92. The summed E-state index contributed by atoms with van der Waals surface area (Å²) < 4.78 is 27.5. The second-order valence-electron chi connectivity index (χ2n) is 3.70. The van der Waals surface area contributed by atoms with Crippen LogP contribution in [0.4, 0.5) is 0 Å². The van der Waals surface area contributed by atoms with Crippen molar-refractivity contribution in [3.05, 3.63) is 12.5 Å².